The minimum atomic E-state index is -0.665. The lowest BCUT2D eigenvalue weighted by Crippen LogP contribution is -2.39. The largest absolute Gasteiger partial charge is 0.481 e. The molecule has 2 aliphatic heterocycles. The smallest absolute Gasteiger partial charge is 0.307 e. The number of carbonyl (C=O) groups is 2. The van der Waals surface area contributed by atoms with Crippen molar-refractivity contribution in [3.63, 3.8) is 0 Å². The van der Waals surface area contributed by atoms with E-state index in [0.29, 0.717) is 12.5 Å². The van der Waals surface area contributed by atoms with E-state index in [-0.39, 0.29) is 17.9 Å². The maximum atomic E-state index is 12.6. The van der Waals surface area contributed by atoms with Crippen LogP contribution in [0, 0.1) is 11.8 Å². The predicted octanol–water partition coefficient (Wildman–Crippen LogP) is 2.71. The van der Waals surface area contributed by atoms with Crippen molar-refractivity contribution in [1.29, 1.82) is 0 Å². The molecule has 4 rings (SSSR count). The third-order valence-electron chi connectivity index (χ3n) is 6.10. The van der Waals surface area contributed by atoms with Gasteiger partial charge >= 0.3 is 5.97 Å². The Kier molecular flexibility index (Phi) is 4.74. The number of likely N-dealkylation sites (tertiary alicyclic amines) is 1. The van der Waals surface area contributed by atoms with Crippen LogP contribution >= 0.6 is 0 Å². The zero-order chi connectivity index (χ0) is 18.3. The van der Waals surface area contributed by atoms with E-state index in [1.165, 1.54) is 11.1 Å². The molecular weight excluding hydrogens is 328 g/mol. The van der Waals surface area contributed by atoms with E-state index < -0.39 is 5.97 Å². The van der Waals surface area contributed by atoms with E-state index in [9.17, 15) is 14.7 Å². The summed E-state index contributed by atoms with van der Waals surface area (Å²) in [5, 5.41) is 9.23. The first-order valence-corrected chi connectivity index (χ1v) is 9.93. The Balaban J connectivity index is 1.39. The Morgan fingerprint density at radius 1 is 1.19 bits per heavy atom. The molecule has 140 valence electrons. The summed E-state index contributed by atoms with van der Waals surface area (Å²) in [5.41, 5.74) is 3.67. The van der Waals surface area contributed by atoms with E-state index in [4.69, 9.17) is 0 Å². The standard InChI is InChI=1S/C21H28N2O3/c1-14-11-18-12-15(4-7-19(18)23(14)20(24)16-5-6-16)8-10-22-9-2-3-17(13-22)21(25)26/h4,7,12,14,16-17H,2-3,5-6,8-11,13H2,1H3,(H,25,26). The Bertz CT molecular complexity index is 713. The molecule has 5 nitrogen and oxygen atoms in total. The molecule has 0 radical (unpaired) electrons. The van der Waals surface area contributed by atoms with E-state index in [1.54, 1.807) is 0 Å². The second-order valence-corrected chi connectivity index (χ2v) is 8.23. The lowest BCUT2D eigenvalue weighted by Gasteiger charge is -2.30. The summed E-state index contributed by atoms with van der Waals surface area (Å²) in [5.74, 6) is -0.324. The molecule has 0 aromatic heterocycles. The van der Waals surface area contributed by atoms with Gasteiger partial charge in [0.2, 0.25) is 5.91 Å². The number of carbonyl (C=O) groups excluding carboxylic acids is 1. The summed E-state index contributed by atoms with van der Waals surface area (Å²) in [6, 6.07) is 6.77. The van der Waals surface area contributed by atoms with Crippen LogP contribution in [0.5, 0.6) is 0 Å². The highest BCUT2D eigenvalue weighted by molar-refractivity contribution is 5.98. The lowest BCUT2D eigenvalue weighted by molar-refractivity contribution is -0.143. The Labute approximate surface area is 155 Å². The van der Waals surface area contributed by atoms with Gasteiger partial charge in [0.25, 0.3) is 0 Å². The van der Waals surface area contributed by atoms with Gasteiger partial charge in [-0.1, -0.05) is 12.1 Å². The molecule has 26 heavy (non-hydrogen) atoms. The maximum Gasteiger partial charge on any atom is 0.307 e. The highest BCUT2D eigenvalue weighted by atomic mass is 16.4. The van der Waals surface area contributed by atoms with Gasteiger partial charge in [-0.15, -0.1) is 0 Å². The average Bonchev–Trinajstić information content (AvgIpc) is 3.42. The number of nitrogens with zero attached hydrogens (tertiary/aromatic N) is 2. The first kappa shape index (κ1) is 17.5. The van der Waals surface area contributed by atoms with Crippen LogP contribution in [0.1, 0.15) is 43.7 Å². The first-order chi connectivity index (χ1) is 12.5. The molecule has 0 spiro atoms. The summed E-state index contributed by atoms with van der Waals surface area (Å²) in [7, 11) is 0. The molecule has 1 saturated heterocycles. The highest BCUT2D eigenvalue weighted by Crippen LogP contribution is 2.39. The minimum absolute atomic E-state index is 0.216. The Morgan fingerprint density at radius 2 is 2.00 bits per heavy atom. The lowest BCUT2D eigenvalue weighted by atomic mass is 9.97. The van der Waals surface area contributed by atoms with Crippen LogP contribution in [0.15, 0.2) is 18.2 Å². The van der Waals surface area contributed by atoms with Gasteiger partial charge in [0.1, 0.15) is 0 Å². The van der Waals surface area contributed by atoms with Crippen LogP contribution in [0.25, 0.3) is 0 Å². The number of hydrogen-bond acceptors (Lipinski definition) is 3. The molecule has 2 atom stereocenters. The zero-order valence-electron chi connectivity index (χ0n) is 15.5. The molecule has 1 amide bonds. The van der Waals surface area contributed by atoms with Gasteiger partial charge in [0, 0.05) is 30.7 Å². The number of amides is 1. The number of carboxylic acid groups (broad SMARTS) is 1. The molecular formula is C21H28N2O3. The fourth-order valence-corrected chi connectivity index (χ4v) is 4.45. The van der Waals surface area contributed by atoms with Crippen molar-refractivity contribution in [2.75, 3.05) is 24.5 Å². The number of rotatable bonds is 5. The average molecular weight is 356 g/mol. The van der Waals surface area contributed by atoms with Gasteiger partial charge in [-0.25, -0.2) is 0 Å². The summed E-state index contributed by atoms with van der Waals surface area (Å²) in [4.78, 5) is 28.1. The number of carboxylic acids is 1. The molecule has 2 heterocycles. The molecule has 3 aliphatic rings. The molecule has 1 N–H and O–H groups in total. The van der Waals surface area contributed by atoms with E-state index >= 15 is 0 Å². The van der Waals surface area contributed by atoms with E-state index in [0.717, 1.165) is 57.3 Å². The molecule has 1 aromatic carbocycles. The van der Waals surface area contributed by atoms with Crippen molar-refractivity contribution < 1.29 is 14.7 Å². The van der Waals surface area contributed by atoms with Crippen LogP contribution in [0.4, 0.5) is 5.69 Å². The van der Waals surface area contributed by atoms with Gasteiger partial charge in [-0.2, -0.15) is 0 Å². The first-order valence-electron chi connectivity index (χ1n) is 9.93. The van der Waals surface area contributed by atoms with E-state index in [2.05, 4.69) is 30.0 Å². The SMILES string of the molecule is CC1Cc2cc(CCN3CCCC(C(=O)O)C3)ccc2N1C(=O)C1CC1. The van der Waals surface area contributed by atoms with Crippen LogP contribution in [-0.2, 0) is 22.4 Å². The third kappa shape index (κ3) is 3.50. The quantitative estimate of drug-likeness (QED) is 0.881. The van der Waals surface area contributed by atoms with Gasteiger partial charge in [-0.05, 0) is 69.2 Å². The van der Waals surface area contributed by atoms with Crippen molar-refractivity contribution in [2.45, 2.75) is 51.5 Å². The van der Waals surface area contributed by atoms with Crippen LogP contribution in [0.2, 0.25) is 0 Å². The number of benzene rings is 1. The number of hydrogen-bond donors (Lipinski definition) is 1. The molecule has 5 heteroatoms. The molecule has 1 aromatic rings. The van der Waals surface area contributed by atoms with Crippen molar-refractivity contribution in [2.24, 2.45) is 11.8 Å². The minimum Gasteiger partial charge on any atom is -0.481 e. The summed E-state index contributed by atoms with van der Waals surface area (Å²) >= 11 is 0. The second kappa shape index (κ2) is 7.03. The Hall–Kier alpha value is -1.88. The molecule has 2 fully saturated rings. The number of piperidine rings is 1. The monoisotopic (exact) mass is 356 g/mol. The predicted molar refractivity (Wildman–Crippen MR) is 100 cm³/mol. The van der Waals surface area contributed by atoms with Gasteiger partial charge < -0.3 is 14.9 Å². The van der Waals surface area contributed by atoms with Crippen LogP contribution in [-0.4, -0.2) is 47.6 Å². The molecule has 1 saturated carbocycles. The van der Waals surface area contributed by atoms with Gasteiger partial charge in [-0.3, -0.25) is 9.59 Å². The van der Waals surface area contributed by atoms with E-state index in [1.807, 2.05) is 4.90 Å². The van der Waals surface area contributed by atoms with Crippen molar-refractivity contribution in [3.05, 3.63) is 29.3 Å². The second-order valence-electron chi connectivity index (χ2n) is 8.23. The number of fused-ring (bicyclic) bond motifs is 1. The van der Waals surface area contributed by atoms with Crippen molar-refractivity contribution in [3.8, 4) is 0 Å². The van der Waals surface area contributed by atoms with Gasteiger partial charge in [0.15, 0.2) is 0 Å². The number of aliphatic carboxylic acids is 1. The summed E-state index contributed by atoms with van der Waals surface area (Å²) < 4.78 is 0. The maximum absolute atomic E-state index is 12.6. The normalized spacial score (nSPS) is 26.0. The summed E-state index contributed by atoms with van der Waals surface area (Å²) in [6.45, 7) is 4.71. The highest BCUT2D eigenvalue weighted by Gasteiger charge is 2.39. The van der Waals surface area contributed by atoms with Gasteiger partial charge in [0.05, 0.1) is 5.92 Å². The van der Waals surface area contributed by atoms with Crippen molar-refractivity contribution in [1.82, 2.24) is 4.90 Å². The topological polar surface area (TPSA) is 60.9 Å². The molecule has 0 bridgehead atoms. The van der Waals surface area contributed by atoms with Crippen LogP contribution in [0.3, 0.4) is 0 Å². The fourth-order valence-electron chi connectivity index (χ4n) is 4.45. The summed E-state index contributed by atoms with van der Waals surface area (Å²) in [6.07, 6.45) is 5.73. The molecule has 1 aliphatic carbocycles. The molecule has 2 unspecified atom stereocenters. The Morgan fingerprint density at radius 3 is 2.73 bits per heavy atom. The number of anilines is 1. The third-order valence-corrected chi connectivity index (χ3v) is 6.10. The van der Waals surface area contributed by atoms with Crippen LogP contribution < -0.4 is 4.90 Å². The van der Waals surface area contributed by atoms with Crippen molar-refractivity contribution >= 4 is 17.6 Å². The zero-order valence-corrected chi connectivity index (χ0v) is 15.5. The fraction of sp³-hybridized carbons (Fsp3) is 0.619.